The number of carboxylic acid groups (broad SMARTS) is 1. The Morgan fingerprint density at radius 1 is 0.889 bits per heavy atom. The number of halogens is 1. The van der Waals surface area contributed by atoms with E-state index in [1.165, 1.54) is 12.1 Å². The molecule has 0 spiro atoms. The van der Waals surface area contributed by atoms with Crippen LogP contribution < -0.4 is 14.8 Å². The molecule has 1 atom stereocenters. The van der Waals surface area contributed by atoms with Crippen molar-refractivity contribution in [2.45, 2.75) is 30.2 Å². The van der Waals surface area contributed by atoms with E-state index < -0.39 is 22.0 Å². The third-order valence-electron chi connectivity index (χ3n) is 5.29. The molecule has 0 aliphatic rings. The van der Waals surface area contributed by atoms with Crippen LogP contribution in [0.3, 0.4) is 0 Å². The molecule has 36 heavy (non-hydrogen) atoms. The van der Waals surface area contributed by atoms with Crippen LogP contribution >= 0.6 is 15.9 Å². The number of unbranched alkanes of at least 4 members (excludes halogenated alkanes) is 1. The molecule has 0 radical (unpaired) electrons. The number of nitrogens with one attached hydrogen (secondary N) is 2. The number of rotatable bonds is 13. The molecule has 0 aromatic heterocycles. The van der Waals surface area contributed by atoms with Gasteiger partial charge in [0.15, 0.2) is 6.61 Å². The highest BCUT2D eigenvalue weighted by Gasteiger charge is 2.25. The molecule has 0 aliphatic heterocycles. The largest absolute Gasteiger partial charge is 0.484 e. The van der Waals surface area contributed by atoms with E-state index >= 15 is 0 Å². The first kappa shape index (κ1) is 27.4. The van der Waals surface area contributed by atoms with Crippen molar-refractivity contribution < 1.29 is 27.9 Å². The quantitative estimate of drug-likeness (QED) is 0.263. The molecule has 0 saturated heterocycles. The zero-order chi connectivity index (χ0) is 26.0. The van der Waals surface area contributed by atoms with E-state index in [0.29, 0.717) is 25.1 Å². The molecule has 3 N–H and O–H groups in total. The maximum absolute atomic E-state index is 12.8. The van der Waals surface area contributed by atoms with Gasteiger partial charge in [0.1, 0.15) is 11.8 Å². The number of para-hydroxylation sites is 1. The van der Waals surface area contributed by atoms with Crippen LogP contribution in [0.4, 0.5) is 0 Å². The minimum absolute atomic E-state index is 0.0136. The van der Waals surface area contributed by atoms with Crippen LogP contribution in [-0.2, 0) is 19.6 Å². The fraction of sp³-hybridized carbons (Fsp3) is 0.231. The number of hydrogen-bond acceptors (Lipinski definition) is 5. The minimum atomic E-state index is -4.02. The highest BCUT2D eigenvalue weighted by molar-refractivity contribution is 9.10. The van der Waals surface area contributed by atoms with Crippen molar-refractivity contribution in [3.05, 3.63) is 83.3 Å². The molecule has 8 nitrogen and oxygen atoms in total. The molecule has 3 aromatic rings. The normalized spacial score (nSPS) is 12.0. The van der Waals surface area contributed by atoms with Gasteiger partial charge < -0.3 is 15.2 Å². The average Bonchev–Trinajstić information content (AvgIpc) is 2.87. The topological polar surface area (TPSA) is 122 Å². The van der Waals surface area contributed by atoms with Crippen molar-refractivity contribution in [2.24, 2.45) is 0 Å². The van der Waals surface area contributed by atoms with Crippen molar-refractivity contribution in [2.75, 3.05) is 13.2 Å². The lowest BCUT2D eigenvalue weighted by molar-refractivity contribution is -0.139. The fourth-order valence-corrected chi connectivity index (χ4v) is 4.86. The third kappa shape index (κ3) is 8.47. The van der Waals surface area contributed by atoms with Crippen molar-refractivity contribution in [1.82, 2.24) is 10.0 Å². The van der Waals surface area contributed by atoms with Gasteiger partial charge in [-0.25, -0.2) is 8.42 Å². The van der Waals surface area contributed by atoms with Crippen LogP contribution in [0.25, 0.3) is 11.1 Å². The van der Waals surface area contributed by atoms with Gasteiger partial charge in [0.05, 0.1) is 4.90 Å². The number of hydrogen-bond donors (Lipinski definition) is 3. The summed E-state index contributed by atoms with van der Waals surface area (Å²) < 4.78 is 34.1. The Hall–Kier alpha value is -3.21. The van der Waals surface area contributed by atoms with Gasteiger partial charge in [0, 0.05) is 11.0 Å². The molecular weight excluding hydrogens is 548 g/mol. The Balaban J connectivity index is 1.45. The first-order valence-electron chi connectivity index (χ1n) is 11.3. The second-order valence-electron chi connectivity index (χ2n) is 7.99. The summed E-state index contributed by atoms with van der Waals surface area (Å²) in [5, 5.41) is 12.2. The van der Waals surface area contributed by atoms with E-state index in [0.717, 1.165) is 15.6 Å². The lowest BCUT2D eigenvalue weighted by Crippen LogP contribution is -2.40. The van der Waals surface area contributed by atoms with Gasteiger partial charge in [0.25, 0.3) is 5.91 Å². The molecule has 0 heterocycles. The maximum Gasteiger partial charge on any atom is 0.321 e. The summed E-state index contributed by atoms with van der Waals surface area (Å²) in [4.78, 5) is 23.5. The Kier molecular flexibility index (Phi) is 10.0. The summed E-state index contributed by atoms with van der Waals surface area (Å²) >= 11 is 3.38. The summed E-state index contributed by atoms with van der Waals surface area (Å²) in [6.45, 7) is 0.204. The number of amides is 1. The van der Waals surface area contributed by atoms with Crippen molar-refractivity contribution in [3.8, 4) is 16.9 Å². The zero-order valence-electron chi connectivity index (χ0n) is 19.4. The van der Waals surface area contributed by atoms with E-state index in [1.54, 1.807) is 36.4 Å². The standard InChI is InChI=1S/C26H27BrN2O6S/c27-21-13-9-19(10-14-21)20-11-15-23(16-12-20)36(33,34)29-24(26(31)32)8-4-5-17-28-25(30)18-35-22-6-2-1-3-7-22/h1-3,6-7,9-16,24,29H,4-5,8,17-18H2,(H,28,30)(H,31,32). The molecule has 1 amide bonds. The average molecular weight is 575 g/mol. The van der Waals surface area contributed by atoms with E-state index in [1.807, 2.05) is 30.3 Å². The van der Waals surface area contributed by atoms with Crippen LogP contribution in [-0.4, -0.2) is 44.6 Å². The van der Waals surface area contributed by atoms with Gasteiger partial charge in [-0.05, 0) is 66.8 Å². The van der Waals surface area contributed by atoms with Crippen molar-refractivity contribution in [3.63, 3.8) is 0 Å². The summed E-state index contributed by atoms with van der Waals surface area (Å²) in [5.74, 6) is -0.960. The molecule has 0 aliphatic carbocycles. The number of carbonyl (C=O) groups excluding carboxylic acids is 1. The molecule has 3 aromatic carbocycles. The number of carboxylic acids is 1. The fourth-order valence-electron chi connectivity index (χ4n) is 3.37. The molecule has 10 heteroatoms. The first-order chi connectivity index (χ1) is 17.2. The van der Waals surface area contributed by atoms with E-state index in [4.69, 9.17) is 4.74 Å². The summed E-state index contributed by atoms with van der Waals surface area (Å²) in [5.41, 5.74) is 1.77. The van der Waals surface area contributed by atoms with Gasteiger partial charge in [0.2, 0.25) is 10.0 Å². The van der Waals surface area contributed by atoms with Gasteiger partial charge >= 0.3 is 5.97 Å². The van der Waals surface area contributed by atoms with Crippen molar-refractivity contribution >= 4 is 37.8 Å². The molecule has 190 valence electrons. The lowest BCUT2D eigenvalue weighted by Gasteiger charge is -2.15. The Labute approximate surface area is 218 Å². The SMILES string of the molecule is O=C(COc1ccccc1)NCCCCC(NS(=O)(=O)c1ccc(-c2ccc(Br)cc2)cc1)C(=O)O. The van der Waals surface area contributed by atoms with E-state index in [9.17, 15) is 23.1 Å². The van der Waals surface area contributed by atoms with Gasteiger partial charge in [-0.2, -0.15) is 4.72 Å². The van der Waals surface area contributed by atoms with Gasteiger partial charge in [-0.3, -0.25) is 9.59 Å². The monoisotopic (exact) mass is 574 g/mol. The van der Waals surface area contributed by atoms with Crippen LogP contribution in [0.2, 0.25) is 0 Å². The molecule has 0 fully saturated rings. The number of carbonyl (C=O) groups is 2. The van der Waals surface area contributed by atoms with Crippen LogP contribution in [0.1, 0.15) is 19.3 Å². The van der Waals surface area contributed by atoms with Crippen molar-refractivity contribution in [1.29, 1.82) is 0 Å². The second kappa shape index (κ2) is 13.2. The Morgan fingerprint density at radius 3 is 2.11 bits per heavy atom. The molecule has 3 rings (SSSR count). The first-order valence-corrected chi connectivity index (χ1v) is 13.6. The van der Waals surface area contributed by atoms with Crippen LogP contribution in [0.15, 0.2) is 88.2 Å². The Morgan fingerprint density at radius 2 is 1.50 bits per heavy atom. The third-order valence-corrected chi connectivity index (χ3v) is 7.31. The number of benzene rings is 3. The molecular formula is C26H27BrN2O6S. The number of ether oxygens (including phenoxy) is 1. The highest BCUT2D eigenvalue weighted by atomic mass is 79.9. The lowest BCUT2D eigenvalue weighted by atomic mass is 10.1. The smallest absolute Gasteiger partial charge is 0.321 e. The molecule has 0 saturated carbocycles. The summed E-state index contributed by atoms with van der Waals surface area (Å²) in [6.07, 6.45) is 0.980. The molecule has 0 bridgehead atoms. The Bertz CT molecular complexity index is 1250. The number of sulfonamides is 1. The summed E-state index contributed by atoms with van der Waals surface area (Å²) in [7, 11) is -4.02. The zero-order valence-corrected chi connectivity index (χ0v) is 21.8. The van der Waals surface area contributed by atoms with E-state index in [-0.39, 0.29) is 23.8 Å². The maximum atomic E-state index is 12.8. The van der Waals surface area contributed by atoms with Gasteiger partial charge in [-0.15, -0.1) is 0 Å². The second-order valence-corrected chi connectivity index (χ2v) is 10.6. The van der Waals surface area contributed by atoms with Crippen LogP contribution in [0.5, 0.6) is 5.75 Å². The summed E-state index contributed by atoms with van der Waals surface area (Å²) in [6, 6.07) is 21.5. The minimum Gasteiger partial charge on any atom is -0.484 e. The number of aliphatic carboxylic acids is 1. The van der Waals surface area contributed by atoms with Crippen LogP contribution in [0, 0.1) is 0 Å². The predicted octanol–water partition coefficient (Wildman–Crippen LogP) is 4.21. The molecule has 1 unspecified atom stereocenters. The van der Waals surface area contributed by atoms with E-state index in [2.05, 4.69) is 26.0 Å². The highest BCUT2D eigenvalue weighted by Crippen LogP contribution is 2.23. The predicted molar refractivity (Wildman–Crippen MR) is 140 cm³/mol. The van der Waals surface area contributed by atoms with Gasteiger partial charge in [-0.1, -0.05) is 58.4 Å².